The van der Waals surface area contributed by atoms with E-state index in [4.69, 9.17) is 0 Å². The molecule has 0 saturated heterocycles. The van der Waals surface area contributed by atoms with Gasteiger partial charge in [-0.05, 0) is 0 Å². The average Bonchev–Trinajstić information content (AvgIpc) is 3.33. The lowest BCUT2D eigenvalue weighted by Crippen LogP contribution is -2.37. The van der Waals surface area contributed by atoms with Crippen molar-refractivity contribution in [2.24, 2.45) is 42.3 Å². The van der Waals surface area contributed by atoms with Crippen LogP contribution >= 0.6 is 22.6 Å². The summed E-state index contributed by atoms with van der Waals surface area (Å²) in [6.45, 7) is 0. The fourth-order valence-corrected chi connectivity index (χ4v) is 3.24. The molecule has 0 bridgehead atoms. The highest BCUT2D eigenvalue weighted by atomic mass is 127. The molecule has 19 heteroatoms. The summed E-state index contributed by atoms with van der Waals surface area (Å²) >= 11 is 0.378. The minimum atomic E-state index is -4.69. The van der Waals surface area contributed by atoms with Gasteiger partial charge in [0.25, 0.3) is 11.1 Å². The highest BCUT2D eigenvalue weighted by Gasteiger charge is 2.38. The Kier molecular flexibility index (Phi) is 8.20. The van der Waals surface area contributed by atoms with Gasteiger partial charge < -0.3 is 9.13 Å². The molecule has 0 amide bonds. The molecule has 0 atom stereocenters. The van der Waals surface area contributed by atoms with Gasteiger partial charge >= 0.3 is 21.7 Å². The monoisotopic (exact) mass is 652 g/mol. The smallest absolute Gasteiger partial charge is 0.328 e. The zero-order chi connectivity index (χ0) is 28.8. The van der Waals surface area contributed by atoms with Crippen molar-refractivity contribution in [3.8, 4) is 0 Å². The molecule has 0 aliphatic heterocycles. The number of alkyl halides is 7. The number of halogens is 7. The van der Waals surface area contributed by atoms with E-state index in [1.807, 2.05) is 0 Å². The Morgan fingerprint density at radius 2 is 1.08 bits per heavy atom. The topological polar surface area (TPSA) is 124 Å². The van der Waals surface area contributed by atoms with Crippen molar-refractivity contribution >= 4 is 44.9 Å². The number of hydrogen-bond acceptors (Lipinski definition) is 6. The standard InChI is InChI=1S/C9H9F3N4O2.C8H10N4O2.CF3I/c1-14-4-5(13-7(14)9(10,11)12)15(2)8(18)16(3)6(4)17;1-10-4-9-6-5(10)7(13)12(3)8(14)11(6)2;2-1(3,4)5/h1-3H3;4H,1-3H3;. The largest absolute Gasteiger partial charge is 0.449 e. The van der Waals surface area contributed by atoms with E-state index in [1.54, 1.807) is 18.7 Å². The lowest BCUT2D eigenvalue weighted by atomic mass is 10.5. The molecular weight excluding hydrogens is 633 g/mol. The van der Waals surface area contributed by atoms with Crippen LogP contribution in [0.4, 0.5) is 26.3 Å². The van der Waals surface area contributed by atoms with E-state index in [0.717, 1.165) is 20.7 Å². The van der Waals surface area contributed by atoms with Crippen molar-refractivity contribution in [2.75, 3.05) is 0 Å². The molecule has 0 N–H and O–H groups in total. The quantitative estimate of drug-likeness (QED) is 0.158. The molecule has 204 valence electrons. The highest BCUT2D eigenvalue weighted by molar-refractivity contribution is 14.1. The molecule has 0 aliphatic rings. The van der Waals surface area contributed by atoms with E-state index in [-0.39, 0.29) is 22.4 Å². The Morgan fingerprint density at radius 3 is 1.51 bits per heavy atom. The Labute approximate surface area is 215 Å². The summed E-state index contributed by atoms with van der Waals surface area (Å²) < 4.78 is 71.3. The number of imidazole rings is 2. The molecular formula is C18H19F6IN8O4. The van der Waals surface area contributed by atoms with Gasteiger partial charge in [-0.15, -0.1) is 0 Å². The maximum atomic E-state index is 12.7. The number of aryl methyl sites for hydroxylation is 4. The van der Waals surface area contributed by atoms with Gasteiger partial charge in [0, 0.05) is 64.9 Å². The first-order valence-electron chi connectivity index (χ1n) is 9.72. The molecule has 0 fully saturated rings. The summed E-state index contributed by atoms with van der Waals surface area (Å²) in [5.74, 6) is -1.21. The van der Waals surface area contributed by atoms with Crippen LogP contribution in [0.1, 0.15) is 5.82 Å². The number of nitrogens with zero attached hydrogens (tertiary/aromatic N) is 8. The first-order valence-corrected chi connectivity index (χ1v) is 10.8. The maximum Gasteiger partial charge on any atom is 0.449 e. The minimum absolute atomic E-state index is 0.257. The molecule has 0 aromatic carbocycles. The van der Waals surface area contributed by atoms with E-state index < -0.39 is 27.4 Å². The fraction of sp³-hybridized carbons (Fsp3) is 0.444. The first-order chi connectivity index (χ1) is 16.7. The molecule has 4 aromatic rings. The van der Waals surface area contributed by atoms with Crippen molar-refractivity contribution in [1.29, 1.82) is 0 Å². The van der Waals surface area contributed by atoms with Gasteiger partial charge in [-0.1, -0.05) is 0 Å². The van der Waals surface area contributed by atoms with Crippen LogP contribution in [0.2, 0.25) is 0 Å². The predicted molar refractivity (Wildman–Crippen MR) is 127 cm³/mol. The second-order valence-corrected chi connectivity index (χ2v) is 8.76. The van der Waals surface area contributed by atoms with E-state index in [2.05, 4.69) is 9.97 Å². The van der Waals surface area contributed by atoms with Gasteiger partial charge in [0.2, 0.25) is 5.82 Å². The summed E-state index contributed by atoms with van der Waals surface area (Å²) in [4.78, 5) is 53.8. The summed E-state index contributed by atoms with van der Waals surface area (Å²) in [6, 6.07) is 0. The van der Waals surface area contributed by atoms with Crippen molar-refractivity contribution in [3.05, 3.63) is 53.8 Å². The van der Waals surface area contributed by atoms with E-state index in [0.29, 0.717) is 38.3 Å². The van der Waals surface area contributed by atoms with Gasteiger partial charge in [0.05, 0.1) is 6.33 Å². The summed E-state index contributed by atoms with van der Waals surface area (Å²) in [5, 5.41) is 0. The second kappa shape index (κ2) is 10.2. The zero-order valence-electron chi connectivity index (χ0n) is 19.9. The normalized spacial score (nSPS) is 11.8. The minimum Gasteiger partial charge on any atom is -0.328 e. The third-order valence-corrected chi connectivity index (χ3v) is 5.05. The summed E-state index contributed by atoms with van der Waals surface area (Å²) in [5.41, 5.74) is -1.89. The molecule has 37 heavy (non-hydrogen) atoms. The number of rotatable bonds is 0. The van der Waals surface area contributed by atoms with Gasteiger partial charge in [-0.3, -0.25) is 27.9 Å². The number of aromatic nitrogens is 8. The van der Waals surface area contributed by atoms with Gasteiger partial charge in [-0.25, -0.2) is 19.6 Å². The Balaban J connectivity index is 0.000000225. The zero-order valence-corrected chi connectivity index (χ0v) is 22.1. The van der Waals surface area contributed by atoms with Crippen LogP contribution in [0, 0.1) is 0 Å². The third-order valence-electron chi connectivity index (χ3n) is 5.05. The SMILES string of the molecule is Cn1c(=O)c2c(nc(C(F)(F)F)n2C)n(C)c1=O.Cn1c(=O)c2c(ncn2C)n(C)c1=O.FC(F)(F)I. The molecule has 4 aromatic heterocycles. The lowest BCUT2D eigenvalue weighted by Gasteiger charge is -2.05. The molecule has 0 spiro atoms. The van der Waals surface area contributed by atoms with Crippen molar-refractivity contribution in [2.45, 2.75) is 10.4 Å². The second-order valence-electron chi connectivity index (χ2n) is 7.53. The van der Waals surface area contributed by atoms with Crippen LogP contribution < -0.4 is 22.5 Å². The average molecular weight is 652 g/mol. The third kappa shape index (κ3) is 5.96. The van der Waals surface area contributed by atoms with Crippen LogP contribution in [0.5, 0.6) is 0 Å². The maximum absolute atomic E-state index is 12.7. The van der Waals surface area contributed by atoms with Crippen molar-refractivity contribution < 1.29 is 26.3 Å². The lowest BCUT2D eigenvalue weighted by molar-refractivity contribution is -0.146. The van der Waals surface area contributed by atoms with Crippen LogP contribution in [0.15, 0.2) is 25.5 Å². The summed E-state index contributed by atoms with van der Waals surface area (Å²) in [6.07, 6.45) is -3.17. The molecule has 4 heterocycles. The fourth-order valence-electron chi connectivity index (χ4n) is 3.24. The van der Waals surface area contributed by atoms with Gasteiger partial charge in [0.15, 0.2) is 22.3 Å². The van der Waals surface area contributed by atoms with Crippen LogP contribution in [0.3, 0.4) is 0 Å². The predicted octanol–water partition coefficient (Wildman–Crippen LogP) is 0.901. The van der Waals surface area contributed by atoms with Crippen LogP contribution in [0.25, 0.3) is 22.3 Å². The van der Waals surface area contributed by atoms with Crippen molar-refractivity contribution in [1.82, 2.24) is 37.4 Å². The Morgan fingerprint density at radius 1 is 0.676 bits per heavy atom. The molecule has 0 aliphatic carbocycles. The van der Waals surface area contributed by atoms with E-state index >= 15 is 0 Å². The molecule has 4 rings (SSSR count). The van der Waals surface area contributed by atoms with Crippen LogP contribution in [-0.2, 0) is 48.5 Å². The van der Waals surface area contributed by atoms with Gasteiger partial charge in [0.1, 0.15) is 0 Å². The molecule has 12 nitrogen and oxygen atoms in total. The Bertz CT molecular complexity index is 1710. The summed E-state index contributed by atoms with van der Waals surface area (Å²) in [7, 11) is 8.32. The van der Waals surface area contributed by atoms with E-state index in [9.17, 15) is 45.5 Å². The molecule has 0 unspecified atom stereocenters. The first kappa shape index (κ1) is 29.8. The Hall–Kier alpha value is -3.39. The number of fused-ring (bicyclic) bond motifs is 2. The van der Waals surface area contributed by atoms with Crippen LogP contribution in [-0.4, -0.2) is 41.6 Å². The molecule has 0 radical (unpaired) electrons. The van der Waals surface area contributed by atoms with Crippen molar-refractivity contribution in [3.63, 3.8) is 0 Å². The molecule has 0 saturated carbocycles. The van der Waals surface area contributed by atoms with E-state index in [1.165, 1.54) is 32.0 Å². The highest BCUT2D eigenvalue weighted by Crippen LogP contribution is 2.29. The van der Waals surface area contributed by atoms with Gasteiger partial charge in [-0.2, -0.15) is 26.3 Å². The number of hydrogen-bond donors (Lipinski definition) is 0.